The Bertz CT molecular complexity index is 122. The van der Waals surface area contributed by atoms with E-state index in [0.29, 0.717) is 0 Å². The van der Waals surface area contributed by atoms with Crippen LogP contribution in [0.25, 0.3) is 0 Å². The summed E-state index contributed by atoms with van der Waals surface area (Å²) in [5, 5.41) is 0. The third-order valence-corrected chi connectivity index (χ3v) is 4.44. The molecular formula is C6H15LaO2P. The summed E-state index contributed by atoms with van der Waals surface area (Å²) >= 11 is 0. The van der Waals surface area contributed by atoms with Crippen molar-refractivity contribution in [3.05, 3.63) is 0 Å². The molecule has 0 heterocycles. The van der Waals surface area contributed by atoms with Gasteiger partial charge in [0.15, 0.2) is 0 Å². The van der Waals surface area contributed by atoms with E-state index in [4.69, 9.17) is 0 Å². The van der Waals surface area contributed by atoms with Gasteiger partial charge in [-0.1, -0.05) is 27.7 Å². The van der Waals surface area contributed by atoms with Crippen LogP contribution in [0.5, 0.6) is 0 Å². The van der Waals surface area contributed by atoms with Gasteiger partial charge in [-0.3, -0.25) is 4.57 Å². The molecule has 1 N–H and O–H groups in total. The minimum atomic E-state index is -2.84. The van der Waals surface area contributed by atoms with E-state index in [1.54, 1.807) is 27.7 Å². The van der Waals surface area contributed by atoms with E-state index in [1.165, 1.54) is 0 Å². The van der Waals surface area contributed by atoms with Gasteiger partial charge in [-0.15, -0.1) is 0 Å². The smallest absolute Gasteiger partial charge is 0.205 e. The van der Waals surface area contributed by atoms with Crippen molar-refractivity contribution in [3.8, 4) is 0 Å². The Labute approximate surface area is 90.8 Å². The Kier molecular flexibility index (Phi) is 7.12. The van der Waals surface area contributed by atoms with Crippen molar-refractivity contribution in [1.29, 1.82) is 0 Å². The molecule has 0 aliphatic rings. The second-order valence-corrected chi connectivity index (χ2v) is 6.27. The molecule has 0 aliphatic heterocycles. The van der Waals surface area contributed by atoms with E-state index in [2.05, 4.69) is 0 Å². The van der Waals surface area contributed by atoms with Gasteiger partial charge >= 0.3 is 0 Å². The van der Waals surface area contributed by atoms with Gasteiger partial charge in [0.25, 0.3) is 0 Å². The van der Waals surface area contributed by atoms with E-state index in [0.717, 1.165) is 0 Å². The van der Waals surface area contributed by atoms with Gasteiger partial charge in [-0.2, -0.15) is 0 Å². The molecule has 0 saturated heterocycles. The number of hydrogen-bond acceptors (Lipinski definition) is 1. The summed E-state index contributed by atoms with van der Waals surface area (Å²) in [6, 6.07) is 0. The fraction of sp³-hybridized carbons (Fsp3) is 1.00. The molecule has 59 valence electrons. The van der Waals surface area contributed by atoms with Crippen LogP contribution in [0.1, 0.15) is 27.7 Å². The van der Waals surface area contributed by atoms with E-state index in [1.807, 2.05) is 0 Å². The van der Waals surface area contributed by atoms with Gasteiger partial charge in [-0.05, 0) is 0 Å². The zero-order valence-corrected chi connectivity index (χ0v) is 11.6. The topological polar surface area (TPSA) is 37.3 Å². The van der Waals surface area contributed by atoms with Crippen molar-refractivity contribution in [1.82, 2.24) is 0 Å². The Morgan fingerprint density at radius 2 is 1.30 bits per heavy atom. The van der Waals surface area contributed by atoms with E-state index in [-0.39, 0.29) is 46.9 Å². The van der Waals surface area contributed by atoms with E-state index >= 15 is 0 Å². The van der Waals surface area contributed by atoms with Gasteiger partial charge in [0, 0.05) is 46.9 Å². The predicted molar refractivity (Wildman–Crippen MR) is 40.1 cm³/mol. The summed E-state index contributed by atoms with van der Waals surface area (Å²) in [6.07, 6.45) is 0. The Balaban J connectivity index is 0. The quantitative estimate of drug-likeness (QED) is 0.790. The van der Waals surface area contributed by atoms with Crippen LogP contribution in [0.3, 0.4) is 0 Å². The maximum Gasteiger partial charge on any atom is 0.205 e. The largest absolute Gasteiger partial charge is 0.344 e. The van der Waals surface area contributed by atoms with Crippen LogP contribution < -0.4 is 0 Å². The van der Waals surface area contributed by atoms with Crippen molar-refractivity contribution in [2.45, 2.75) is 39.0 Å². The minimum absolute atomic E-state index is 0. The van der Waals surface area contributed by atoms with Crippen LogP contribution in [0.4, 0.5) is 0 Å². The first-order valence-corrected chi connectivity index (χ1v) is 5.01. The molecule has 0 unspecified atom stereocenters. The zero-order chi connectivity index (χ0) is 7.65. The molecule has 0 aromatic rings. The number of rotatable bonds is 2. The molecule has 2 nitrogen and oxygen atoms in total. The third-order valence-electron chi connectivity index (χ3n) is 1.48. The van der Waals surface area contributed by atoms with Crippen molar-refractivity contribution < 1.29 is 45.1 Å². The molecule has 4 heteroatoms. The van der Waals surface area contributed by atoms with E-state index < -0.39 is 7.37 Å². The predicted octanol–water partition coefficient (Wildman–Crippen LogP) is 2.07. The molecule has 0 spiro atoms. The molecular weight excluding hydrogens is 274 g/mol. The van der Waals surface area contributed by atoms with Crippen LogP contribution >= 0.6 is 7.37 Å². The molecule has 0 bridgehead atoms. The summed E-state index contributed by atoms with van der Waals surface area (Å²) in [6.45, 7) is 7.11. The monoisotopic (exact) mass is 289 g/mol. The molecule has 0 saturated carbocycles. The van der Waals surface area contributed by atoms with Crippen LogP contribution in [0, 0.1) is 35.6 Å². The van der Waals surface area contributed by atoms with Crippen molar-refractivity contribution in [2.24, 2.45) is 0 Å². The second kappa shape index (κ2) is 5.11. The average molecular weight is 289 g/mol. The van der Waals surface area contributed by atoms with Gasteiger partial charge in [-0.25, -0.2) is 0 Å². The molecule has 0 amide bonds. The number of hydrogen-bond donors (Lipinski definition) is 1. The SMILES string of the molecule is CC(C)P(=O)(O)C(C)C.[La]. The van der Waals surface area contributed by atoms with Crippen LogP contribution in [0.15, 0.2) is 0 Å². The molecule has 1 radical (unpaired) electrons. The third kappa shape index (κ3) is 3.68. The fourth-order valence-corrected chi connectivity index (χ4v) is 1.79. The van der Waals surface area contributed by atoms with Crippen molar-refractivity contribution >= 4 is 7.37 Å². The first-order chi connectivity index (χ1) is 3.89. The maximum absolute atomic E-state index is 11.2. The van der Waals surface area contributed by atoms with E-state index in [9.17, 15) is 9.46 Å². The Hall–Kier alpha value is 1.38. The summed E-state index contributed by atoms with van der Waals surface area (Å²) < 4.78 is 11.2. The van der Waals surface area contributed by atoms with Crippen LogP contribution in [-0.4, -0.2) is 16.2 Å². The Morgan fingerprint density at radius 3 is 1.30 bits per heavy atom. The van der Waals surface area contributed by atoms with Crippen LogP contribution in [0.2, 0.25) is 0 Å². The standard InChI is InChI=1S/C6H15O2P.La/c1-5(2)9(7,8)6(3)4;/h5-6H,1-4H3,(H,7,8);. The zero-order valence-electron chi connectivity index (χ0n) is 7.03. The molecule has 0 rings (SSSR count). The minimum Gasteiger partial charge on any atom is -0.344 e. The first-order valence-electron chi connectivity index (χ1n) is 3.21. The molecule has 0 aromatic carbocycles. The normalized spacial score (nSPS) is 11.9. The van der Waals surface area contributed by atoms with Crippen LogP contribution in [-0.2, 0) is 4.57 Å². The molecule has 0 aromatic heterocycles. The van der Waals surface area contributed by atoms with Gasteiger partial charge < -0.3 is 4.89 Å². The first kappa shape index (κ1) is 13.9. The Morgan fingerprint density at radius 1 is 1.10 bits per heavy atom. The van der Waals surface area contributed by atoms with Gasteiger partial charge in [0.05, 0.1) is 0 Å². The maximum atomic E-state index is 11.2. The van der Waals surface area contributed by atoms with Gasteiger partial charge in [0.1, 0.15) is 0 Å². The summed E-state index contributed by atoms with van der Waals surface area (Å²) in [7, 11) is -2.84. The molecule has 0 aliphatic carbocycles. The second-order valence-electron chi connectivity index (χ2n) is 2.86. The average Bonchev–Trinajstić information content (AvgIpc) is 1.65. The van der Waals surface area contributed by atoms with Crippen molar-refractivity contribution in [3.63, 3.8) is 0 Å². The molecule has 10 heavy (non-hydrogen) atoms. The molecule has 0 atom stereocenters. The summed E-state index contributed by atoms with van der Waals surface area (Å²) in [5.41, 5.74) is -0.199. The summed E-state index contributed by atoms with van der Waals surface area (Å²) in [4.78, 5) is 9.22. The van der Waals surface area contributed by atoms with Gasteiger partial charge in [0.2, 0.25) is 7.37 Å². The molecule has 0 fully saturated rings. The fourth-order valence-electron chi connectivity index (χ4n) is 0.596. The van der Waals surface area contributed by atoms with Crippen molar-refractivity contribution in [2.75, 3.05) is 0 Å². The summed E-state index contributed by atoms with van der Waals surface area (Å²) in [5.74, 6) is 0.